The van der Waals surface area contributed by atoms with Gasteiger partial charge in [-0.05, 0) is 65.5 Å². The van der Waals surface area contributed by atoms with Gasteiger partial charge in [0.1, 0.15) is 0 Å². The lowest BCUT2D eigenvalue weighted by Gasteiger charge is -2.31. The molecule has 1 unspecified atom stereocenters. The third kappa shape index (κ3) is 5.21. The molecule has 1 atom stereocenters. The fraction of sp³-hybridized carbons (Fsp3) is 0.433. The molecule has 5 rings (SSSR count). The predicted molar refractivity (Wildman–Crippen MR) is 142 cm³/mol. The average Bonchev–Trinajstić information content (AvgIpc) is 2.91. The Morgan fingerprint density at radius 2 is 1.39 bits per heavy atom. The summed E-state index contributed by atoms with van der Waals surface area (Å²) < 4.78 is 40.5. The van der Waals surface area contributed by atoms with Gasteiger partial charge in [0, 0.05) is 5.56 Å². The van der Waals surface area contributed by atoms with E-state index in [1.54, 1.807) is 30.3 Å². The van der Waals surface area contributed by atoms with Gasteiger partial charge in [0.2, 0.25) is 0 Å². The number of benzene rings is 3. The van der Waals surface area contributed by atoms with Crippen molar-refractivity contribution in [3.05, 3.63) is 82.9 Å². The Kier molecular flexibility index (Phi) is 7.44. The molecule has 0 saturated heterocycles. The molecule has 36 heavy (non-hydrogen) atoms. The van der Waals surface area contributed by atoms with Crippen molar-refractivity contribution in [2.24, 2.45) is 0 Å². The van der Waals surface area contributed by atoms with Crippen LogP contribution in [0.25, 0.3) is 10.8 Å². The number of esters is 1. The molecule has 2 aliphatic carbocycles. The van der Waals surface area contributed by atoms with Gasteiger partial charge >= 0.3 is 16.1 Å². The number of hydrogen-bond acceptors (Lipinski definition) is 4. The Labute approximate surface area is 213 Å². The van der Waals surface area contributed by atoms with Crippen LogP contribution in [-0.4, -0.2) is 18.9 Å². The van der Waals surface area contributed by atoms with Crippen LogP contribution in [0.1, 0.15) is 109 Å². The maximum atomic E-state index is 14.0. The molecule has 3 aromatic carbocycles. The van der Waals surface area contributed by atoms with Crippen LogP contribution in [-0.2, 0) is 14.9 Å². The minimum Gasteiger partial charge on any atom is -0.435 e. The van der Waals surface area contributed by atoms with Crippen LogP contribution < -0.4 is 0 Å². The molecule has 0 radical (unpaired) electrons. The van der Waals surface area contributed by atoms with Crippen molar-refractivity contribution in [1.29, 1.82) is 0 Å². The number of fused-ring (bicyclic) bond motifs is 1. The summed E-state index contributed by atoms with van der Waals surface area (Å²) in [6.07, 6.45) is 10.8. The monoisotopic (exact) mass is 506 g/mol. The predicted octanol–water partition coefficient (Wildman–Crippen LogP) is 7.68. The summed E-state index contributed by atoms with van der Waals surface area (Å²) in [5.74, 6) is -0.210. The normalized spacial score (nSPS) is 18.7. The van der Waals surface area contributed by atoms with Crippen molar-refractivity contribution in [1.82, 2.24) is 0 Å². The van der Waals surface area contributed by atoms with Gasteiger partial charge < -0.3 is 4.74 Å². The molecule has 2 saturated carbocycles. The van der Waals surface area contributed by atoms with Crippen LogP contribution >= 0.6 is 0 Å². The lowest BCUT2D eigenvalue weighted by Crippen LogP contribution is -2.23. The van der Waals surface area contributed by atoms with Gasteiger partial charge in [-0.3, -0.25) is 4.55 Å². The first-order valence-corrected chi connectivity index (χ1v) is 14.7. The van der Waals surface area contributed by atoms with Gasteiger partial charge in [0.05, 0.1) is 5.56 Å². The molecule has 5 nitrogen and oxygen atoms in total. The smallest absolute Gasteiger partial charge is 0.340 e. The highest BCUT2D eigenvalue weighted by Crippen LogP contribution is 2.44. The fourth-order valence-electron chi connectivity index (χ4n) is 6.24. The zero-order valence-corrected chi connectivity index (χ0v) is 21.4. The second-order valence-corrected chi connectivity index (χ2v) is 11.8. The summed E-state index contributed by atoms with van der Waals surface area (Å²) in [6, 6.07) is 18.5. The van der Waals surface area contributed by atoms with Crippen molar-refractivity contribution in [3.63, 3.8) is 0 Å². The van der Waals surface area contributed by atoms with Crippen LogP contribution in [0.4, 0.5) is 0 Å². The molecule has 190 valence electrons. The van der Waals surface area contributed by atoms with E-state index in [1.165, 1.54) is 12.8 Å². The van der Waals surface area contributed by atoms with Crippen LogP contribution in [0.5, 0.6) is 0 Å². The van der Waals surface area contributed by atoms with Crippen LogP contribution in [0.15, 0.2) is 60.7 Å². The summed E-state index contributed by atoms with van der Waals surface area (Å²) in [7, 11) is -4.68. The SMILES string of the molecule is O=C(OC(c1ccccc1)S(=O)(=O)O)c1c(C2CCCCC2)cc2ccccc2c1C1CCCCC1. The van der Waals surface area contributed by atoms with Gasteiger partial charge in [-0.25, -0.2) is 4.79 Å². The Hall–Kier alpha value is -2.70. The lowest BCUT2D eigenvalue weighted by atomic mass is 9.74. The Balaban J connectivity index is 1.68. The van der Waals surface area contributed by atoms with E-state index in [-0.39, 0.29) is 17.4 Å². The van der Waals surface area contributed by atoms with Gasteiger partial charge in [-0.2, -0.15) is 8.42 Å². The molecular formula is C30H34O5S. The molecule has 2 aliphatic rings. The fourth-order valence-corrected chi connectivity index (χ4v) is 6.95. The third-order valence-electron chi connectivity index (χ3n) is 7.94. The van der Waals surface area contributed by atoms with Gasteiger partial charge in [0.15, 0.2) is 0 Å². The van der Waals surface area contributed by atoms with Gasteiger partial charge in [0.25, 0.3) is 5.44 Å². The lowest BCUT2D eigenvalue weighted by molar-refractivity contribution is 0.0423. The maximum absolute atomic E-state index is 14.0. The van der Waals surface area contributed by atoms with Gasteiger partial charge in [-0.1, -0.05) is 93.1 Å². The van der Waals surface area contributed by atoms with E-state index < -0.39 is 21.5 Å². The molecule has 0 spiro atoms. The zero-order valence-electron chi connectivity index (χ0n) is 20.6. The molecule has 0 amide bonds. The Morgan fingerprint density at radius 3 is 2.03 bits per heavy atom. The van der Waals surface area contributed by atoms with E-state index in [9.17, 15) is 17.8 Å². The highest BCUT2D eigenvalue weighted by molar-refractivity contribution is 7.85. The van der Waals surface area contributed by atoms with E-state index >= 15 is 0 Å². The van der Waals surface area contributed by atoms with Crippen molar-refractivity contribution in [3.8, 4) is 0 Å². The molecule has 2 fully saturated rings. The number of carbonyl (C=O) groups is 1. The number of ether oxygens (including phenoxy) is 1. The molecular weight excluding hydrogens is 472 g/mol. The maximum Gasteiger partial charge on any atom is 0.340 e. The average molecular weight is 507 g/mol. The molecule has 3 aromatic rings. The van der Waals surface area contributed by atoms with Crippen molar-refractivity contribution in [2.75, 3.05) is 0 Å². The summed E-state index contributed by atoms with van der Waals surface area (Å²) in [6.45, 7) is 0. The van der Waals surface area contributed by atoms with E-state index in [0.29, 0.717) is 5.56 Å². The van der Waals surface area contributed by atoms with Gasteiger partial charge in [-0.15, -0.1) is 0 Å². The van der Waals surface area contributed by atoms with E-state index in [2.05, 4.69) is 18.2 Å². The third-order valence-corrected chi connectivity index (χ3v) is 8.85. The van der Waals surface area contributed by atoms with E-state index in [0.717, 1.165) is 73.3 Å². The molecule has 0 heterocycles. The van der Waals surface area contributed by atoms with E-state index in [4.69, 9.17) is 4.74 Å². The largest absolute Gasteiger partial charge is 0.435 e. The molecule has 0 aliphatic heterocycles. The molecule has 0 bridgehead atoms. The Morgan fingerprint density at radius 1 is 0.806 bits per heavy atom. The first-order valence-electron chi connectivity index (χ1n) is 13.2. The second-order valence-electron chi connectivity index (χ2n) is 10.3. The standard InChI is InChI=1S/C30H34O5S/c31-29(35-30(36(32,33)34)23-16-8-3-9-17-23)28-26(21-12-4-1-5-13-21)20-24-18-10-11-19-25(24)27(28)22-14-6-2-7-15-22/h3,8-11,16-22,30H,1-2,4-7,12-15H2,(H,32,33,34). The van der Waals surface area contributed by atoms with E-state index in [1.807, 2.05) is 12.1 Å². The number of carbonyl (C=O) groups excluding carboxylic acids is 1. The van der Waals surface area contributed by atoms with Crippen molar-refractivity contribution < 1.29 is 22.5 Å². The minimum atomic E-state index is -4.68. The number of rotatable bonds is 6. The van der Waals surface area contributed by atoms with Crippen molar-refractivity contribution in [2.45, 2.75) is 81.5 Å². The quantitative estimate of drug-likeness (QED) is 0.274. The molecule has 6 heteroatoms. The minimum absolute atomic E-state index is 0.218. The highest BCUT2D eigenvalue weighted by Gasteiger charge is 2.35. The first kappa shape index (κ1) is 25.0. The van der Waals surface area contributed by atoms with Crippen LogP contribution in [0.3, 0.4) is 0 Å². The Bertz CT molecular complexity index is 1320. The van der Waals surface area contributed by atoms with Crippen LogP contribution in [0, 0.1) is 0 Å². The first-order chi connectivity index (χ1) is 17.4. The topological polar surface area (TPSA) is 80.7 Å². The summed E-state index contributed by atoms with van der Waals surface area (Å²) in [5, 5.41) is 2.16. The summed E-state index contributed by atoms with van der Waals surface area (Å²) in [4.78, 5) is 14.0. The zero-order chi connectivity index (χ0) is 25.1. The molecule has 1 N–H and O–H groups in total. The summed E-state index contributed by atoms with van der Waals surface area (Å²) in [5.41, 5.74) is 0.961. The van der Waals surface area contributed by atoms with Crippen LogP contribution in [0.2, 0.25) is 0 Å². The summed E-state index contributed by atoms with van der Waals surface area (Å²) >= 11 is 0. The number of hydrogen-bond donors (Lipinski definition) is 1. The molecule has 0 aromatic heterocycles. The van der Waals surface area contributed by atoms with Crippen molar-refractivity contribution >= 4 is 26.9 Å². The second kappa shape index (κ2) is 10.7. The highest BCUT2D eigenvalue weighted by atomic mass is 32.2.